The first-order valence-electron chi connectivity index (χ1n) is 8.38. The lowest BCUT2D eigenvalue weighted by molar-refractivity contribution is -0.132. The monoisotopic (exact) mass is 324 g/mol. The first-order valence-corrected chi connectivity index (χ1v) is 8.38. The molecule has 1 aliphatic heterocycles. The van der Waals surface area contributed by atoms with E-state index in [0.717, 1.165) is 29.9 Å². The molecule has 0 unspecified atom stereocenters. The fourth-order valence-corrected chi connectivity index (χ4v) is 3.37. The van der Waals surface area contributed by atoms with Crippen LogP contribution in [0.4, 0.5) is 0 Å². The Bertz CT molecular complexity index is 793. The van der Waals surface area contributed by atoms with Gasteiger partial charge in [0, 0.05) is 37.5 Å². The maximum atomic E-state index is 12.4. The van der Waals surface area contributed by atoms with Crippen LogP contribution in [0.15, 0.2) is 30.3 Å². The summed E-state index contributed by atoms with van der Waals surface area (Å²) in [5.74, 6) is 0.698. The summed E-state index contributed by atoms with van der Waals surface area (Å²) in [4.78, 5) is 30.6. The third-order valence-corrected chi connectivity index (χ3v) is 4.79. The standard InChI is InChI=1S/C18H20N4O2/c19-16(23)15-14-8-9-21(18(24)13-6-7-13)10-11-22(14)17(20-15)12-4-2-1-3-5-12/h1-5,13H,6-11H2,(H2,19,23). The van der Waals surface area contributed by atoms with Gasteiger partial charge in [0.25, 0.3) is 5.91 Å². The van der Waals surface area contributed by atoms with Gasteiger partial charge in [-0.1, -0.05) is 30.3 Å². The third kappa shape index (κ3) is 2.58. The second-order valence-corrected chi connectivity index (χ2v) is 6.46. The van der Waals surface area contributed by atoms with Crippen LogP contribution >= 0.6 is 0 Å². The van der Waals surface area contributed by atoms with Crippen LogP contribution in [0.1, 0.15) is 29.0 Å². The van der Waals surface area contributed by atoms with Gasteiger partial charge in [-0.2, -0.15) is 0 Å². The minimum absolute atomic E-state index is 0.213. The number of hydrogen-bond acceptors (Lipinski definition) is 3. The van der Waals surface area contributed by atoms with E-state index in [4.69, 9.17) is 5.73 Å². The summed E-state index contributed by atoms with van der Waals surface area (Å²) in [7, 11) is 0. The maximum absolute atomic E-state index is 12.4. The number of rotatable bonds is 3. The van der Waals surface area contributed by atoms with E-state index in [1.54, 1.807) is 0 Å². The quantitative estimate of drug-likeness (QED) is 0.927. The van der Waals surface area contributed by atoms with E-state index in [1.807, 2.05) is 35.2 Å². The van der Waals surface area contributed by atoms with E-state index >= 15 is 0 Å². The molecule has 4 rings (SSSR count). The molecule has 24 heavy (non-hydrogen) atoms. The number of carbonyl (C=O) groups is 2. The number of primary amides is 1. The Morgan fingerprint density at radius 2 is 1.83 bits per heavy atom. The van der Waals surface area contributed by atoms with Crippen molar-refractivity contribution in [2.75, 3.05) is 13.1 Å². The number of carbonyl (C=O) groups excluding carboxylic acids is 2. The molecule has 2 heterocycles. The predicted molar refractivity (Wildman–Crippen MR) is 89.2 cm³/mol. The fraction of sp³-hybridized carbons (Fsp3) is 0.389. The molecule has 0 spiro atoms. The molecule has 1 aliphatic carbocycles. The number of benzene rings is 1. The van der Waals surface area contributed by atoms with E-state index in [0.29, 0.717) is 31.7 Å². The van der Waals surface area contributed by atoms with Gasteiger partial charge in [0.15, 0.2) is 0 Å². The summed E-state index contributed by atoms with van der Waals surface area (Å²) in [5.41, 5.74) is 7.66. The van der Waals surface area contributed by atoms with Gasteiger partial charge in [-0.15, -0.1) is 0 Å². The zero-order valence-electron chi connectivity index (χ0n) is 13.4. The van der Waals surface area contributed by atoms with Gasteiger partial charge in [-0.05, 0) is 12.8 Å². The Labute approximate surface area is 140 Å². The van der Waals surface area contributed by atoms with E-state index in [-0.39, 0.29) is 11.8 Å². The van der Waals surface area contributed by atoms with Gasteiger partial charge >= 0.3 is 0 Å². The molecule has 124 valence electrons. The molecule has 1 saturated carbocycles. The number of fused-ring (bicyclic) bond motifs is 1. The van der Waals surface area contributed by atoms with Crippen molar-refractivity contribution in [2.24, 2.45) is 11.7 Å². The molecule has 2 N–H and O–H groups in total. The normalized spacial score (nSPS) is 17.2. The Hall–Kier alpha value is -2.63. The van der Waals surface area contributed by atoms with Crippen LogP contribution in [0.5, 0.6) is 0 Å². The van der Waals surface area contributed by atoms with Crippen molar-refractivity contribution in [3.05, 3.63) is 41.7 Å². The zero-order chi connectivity index (χ0) is 16.7. The summed E-state index contributed by atoms with van der Waals surface area (Å²) < 4.78 is 2.05. The molecule has 1 fully saturated rings. The Morgan fingerprint density at radius 1 is 1.08 bits per heavy atom. The van der Waals surface area contributed by atoms with Crippen LogP contribution < -0.4 is 5.73 Å². The van der Waals surface area contributed by atoms with Crippen LogP contribution in [-0.4, -0.2) is 39.4 Å². The lowest BCUT2D eigenvalue weighted by atomic mass is 10.2. The van der Waals surface area contributed by atoms with Crippen LogP contribution in [0.2, 0.25) is 0 Å². The van der Waals surface area contributed by atoms with Crippen LogP contribution in [0, 0.1) is 5.92 Å². The molecule has 0 bridgehead atoms. The van der Waals surface area contributed by atoms with E-state index in [2.05, 4.69) is 9.55 Å². The molecule has 2 amide bonds. The summed E-state index contributed by atoms with van der Waals surface area (Å²) in [6.45, 7) is 1.91. The van der Waals surface area contributed by atoms with Gasteiger partial charge in [0.1, 0.15) is 11.5 Å². The van der Waals surface area contributed by atoms with Crippen molar-refractivity contribution < 1.29 is 9.59 Å². The predicted octanol–water partition coefficient (Wildman–Crippen LogP) is 1.44. The van der Waals surface area contributed by atoms with Crippen LogP contribution in [-0.2, 0) is 17.8 Å². The number of aromatic nitrogens is 2. The molecule has 6 nitrogen and oxygen atoms in total. The smallest absolute Gasteiger partial charge is 0.269 e. The molecule has 6 heteroatoms. The minimum atomic E-state index is -0.511. The van der Waals surface area contributed by atoms with E-state index in [9.17, 15) is 9.59 Å². The molecule has 2 aliphatic rings. The molecule has 0 saturated heterocycles. The summed E-state index contributed by atoms with van der Waals surface area (Å²) in [5, 5.41) is 0. The molecular weight excluding hydrogens is 304 g/mol. The van der Waals surface area contributed by atoms with Crippen molar-refractivity contribution in [1.29, 1.82) is 0 Å². The highest BCUT2D eigenvalue weighted by Gasteiger charge is 2.34. The van der Waals surface area contributed by atoms with Crippen molar-refractivity contribution in [1.82, 2.24) is 14.5 Å². The van der Waals surface area contributed by atoms with Gasteiger partial charge in [-0.3, -0.25) is 9.59 Å². The summed E-state index contributed by atoms with van der Waals surface area (Å²) in [6.07, 6.45) is 2.62. The third-order valence-electron chi connectivity index (χ3n) is 4.79. The fourth-order valence-electron chi connectivity index (χ4n) is 3.37. The van der Waals surface area contributed by atoms with Crippen molar-refractivity contribution in [3.8, 4) is 11.4 Å². The maximum Gasteiger partial charge on any atom is 0.269 e. The summed E-state index contributed by atoms with van der Waals surface area (Å²) in [6, 6.07) is 9.78. The molecule has 0 atom stereocenters. The van der Waals surface area contributed by atoms with Gasteiger partial charge in [0.2, 0.25) is 5.91 Å². The highest BCUT2D eigenvalue weighted by atomic mass is 16.2. The lowest BCUT2D eigenvalue weighted by Gasteiger charge is -2.20. The summed E-state index contributed by atoms with van der Waals surface area (Å²) >= 11 is 0. The zero-order valence-corrected chi connectivity index (χ0v) is 13.4. The molecule has 1 aromatic heterocycles. The second-order valence-electron chi connectivity index (χ2n) is 6.46. The molecule has 2 aromatic rings. The number of amides is 2. The van der Waals surface area contributed by atoms with Crippen molar-refractivity contribution in [2.45, 2.75) is 25.8 Å². The average molecular weight is 324 g/mol. The Morgan fingerprint density at radius 3 is 2.50 bits per heavy atom. The lowest BCUT2D eigenvalue weighted by Crippen LogP contribution is -2.34. The highest BCUT2D eigenvalue weighted by molar-refractivity contribution is 5.93. The number of hydrogen-bond donors (Lipinski definition) is 1. The number of imidazole rings is 1. The highest BCUT2D eigenvalue weighted by Crippen LogP contribution is 2.32. The van der Waals surface area contributed by atoms with Gasteiger partial charge < -0.3 is 15.2 Å². The van der Waals surface area contributed by atoms with Gasteiger partial charge in [-0.25, -0.2) is 4.98 Å². The van der Waals surface area contributed by atoms with E-state index < -0.39 is 5.91 Å². The first-order chi connectivity index (χ1) is 11.6. The van der Waals surface area contributed by atoms with Crippen molar-refractivity contribution in [3.63, 3.8) is 0 Å². The van der Waals surface area contributed by atoms with Crippen LogP contribution in [0.25, 0.3) is 11.4 Å². The van der Waals surface area contributed by atoms with Gasteiger partial charge in [0.05, 0.1) is 5.69 Å². The Kier molecular flexibility index (Phi) is 3.59. The Balaban J connectivity index is 1.71. The first kappa shape index (κ1) is 14.9. The largest absolute Gasteiger partial charge is 0.364 e. The van der Waals surface area contributed by atoms with Crippen LogP contribution in [0.3, 0.4) is 0 Å². The number of nitrogens with zero attached hydrogens (tertiary/aromatic N) is 3. The SMILES string of the molecule is NC(=O)c1nc(-c2ccccc2)n2c1CCN(C(=O)C1CC1)CC2. The topological polar surface area (TPSA) is 81.2 Å². The molecular formula is C18H20N4O2. The van der Waals surface area contributed by atoms with E-state index in [1.165, 1.54) is 0 Å². The molecule has 0 radical (unpaired) electrons. The average Bonchev–Trinajstić information content (AvgIpc) is 3.40. The molecule has 1 aromatic carbocycles. The second kappa shape index (κ2) is 5.78. The van der Waals surface area contributed by atoms with Crippen molar-refractivity contribution >= 4 is 11.8 Å². The number of nitrogens with two attached hydrogens (primary N) is 1. The minimum Gasteiger partial charge on any atom is -0.364 e.